The van der Waals surface area contributed by atoms with Crippen molar-refractivity contribution >= 4 is 28.2 Å². The molecule has 1 heterocycles. The van der Waals surface area contributed by atoms with Crippen molar-refractivity contribution in [3.8, 4) is 0 Å². The second-order valence-corrected chi connectivity index (χ2v) is 7.67. The van der Waals surface area contributed by atoms with Crippen molar-refractivity contribution in [1.82, 2.24) is 15.2 Å². The molecule has 0 aliphatic heterocycles. The van der Waals surface area contributed by atoms with Crippen LogP contribution in [-0.4, -0.2) is 39.8 Å². The van der Waals surface area contributed by atoms with Gasteiger partial charge in [0, 0.05) is 29.6 Å². The fraction of sp³-hybridized carbons (Fsp3) is 0.304. The fourth-order valence-corrected chi connectivity index (χ4v) is 3.74. The molecule has 0 spiro atoms. The Hall–Kier alpha value is -2.70. The summed E-state index contributed by atoms with van der Waals surface area (Å²) < 4.78 is 0. The number of H-pyrrole nitrogens is 1. The van der Waals surface area contributed by atoms with Crippen molar-refractivity contribution in [2.24, 2.45) is 0 Å². The Morgan fingerprint density at radius 2 is 1.93 bits per heavy atom. The summed E-state index contributed by atoms with van der Waals surface area (Å²) in [6.45, 7) is 5.42. The van der Waals surface area contributed by atoms with Gasteiger partial charge in [0.25, 0.3) is 5.56 Å². The highest BCUT2D eigenvalue weighted by molar-refractivity contribution is 7.80. The van der Waals surface area contributed by atoms with E-state index in [1.165, 1.54) is 5.56 Å². The molecule has 0 amide bonds. The van der Waals surface area contributed by atoms with Gasteiger partial charge in [0.05, 0.1) is 13.2 Å². The second kappa shape index (κ2) is 9.67. The number of nitrogens with zero attached hydrogens (tertiary/aromatic N) is 1. The minimum absolute atomic E-state index is 0.0375. The summed E-state index contributed by atoms with van der Waals surface area (Å²) in [6, 6.07) is 16.2. The summed E-state index contributed by atoms with van der Waals surface area (Å²) in [7, 11) is 0. The molecule has 0 aliphatic rings. The lowest BCUT2D eigenvalue weighted by atomic mass is 10.0. The Morgan fingerprint density at radius 3 is 2.66 bits per heavy atom. The van der Waals surface area contributed by atoms with E-state index in [-0.39, 0.29) is 12.2 Å². The lowest BCUT2D eigenvalue weighted by Gasteiger charge is -2.25. The molecular weight excluding hydrogens is 382 g/mol. The Balaban J connectivity index is 1.73. The Labute approximate surface area is 176 Å². The summed E-state index contributed by atoms with van der Waals surface area (Å²) in [5.74, 6) is 0. The summed E-state index contributed by atoms with van der Waals surface area (Å²) >= 11 is 5.53. The summed E-state index contributed by atoms with van der Waals surface area (Å²) in [5, 5.41) is 14.3. The van der Waals surface area contributed by atoms with Crippen molar-refractivity contribution in [2.75, 3.05) is 19.7 Å². The van der Waals surface area contributed by atoms with Crippen LogP contribution in [0.5, 0.6) is 0 Å². The number of hydrogen-bond acceptors (Lipinski definition) is 3. The maximum atomic E-state index is 12.6. The minimum Gasteiger partial charge on any atom is -0.395 e. The number of aromatic nitrogens is 1. The molecule has 29 heavy (non-hydrogen) atoms. The third kappa shape index (κ3) is 5.43. The Kier molecular flexibility index (Phi) is 7.01. The van der Waals surface area contributed by atoms with Gasteiger partial charge >= 0.3 is 0 Å². The van der Waals surface area contributed by atoms with Gasteiger partial charge in [0.1, 0.15) is 0 Å². The zero-order chi connectivity index (χ0) is 20.8. The highest BCUT2D eigenvalue weighted by atomic mass is 32.1. The third-order valence-electron chi connectivity index (χ3n) is 4.94. The molecule has 0 saturated heterocycles. The lowest BCUT2D eigenvalue weighted by molar-refractivity contribution is 0.245. The quantitative estimate of drug-likeness (QED) is 0.524. The molecular formula is C23H27N3O2S. The van der Waals surface area contributed by atoms with Gasteiger partial charge in [-0.05, 0) is 61.3 Å². The van der Waals surface area contributed by atoms with Gasteiger partial charge in [-0.2, -0.15) is 0 Å². The van der Waals surface area contributed by atoms with Crippen LogP contribution in [0.4, 0.5) is 0 Å². The molecule has 0 fully saturated rings. The monoisotopic (exact) mass is 409 g/mol. The molecule has 5 nitrogen and oxygen atoms in total. The smallest absolute Gasteiger partial charge is 0.253 e. The lowest BCUT2D eigenvalue weighted by Crippen LogP contribution is -2.42. The van der Waals surface area contributed by atoms with E-state index in [9.17, 15) is 9.90 Å². The molecule has 6 heteroatoms. The summed E-state index contributed by atoms with van der Waals surface area (Å²) in [6.07, 6.45) is 0.850. The highest BCUT2D eigenvalue weighted by Gasteiger charge is 2.13. The van der Waals surface area contributed by atoms with Gasteiger partial charge < -0.3 is 20.3 Å². The number of hydrogen-bond donors (Lipinski definition) is 3. The number of nitrogens with one attached hydrogen (secondary N) is 2. The average Bonchev–Trinajstić information content (AvgIpc) is 2.69. The van der Waals surface area contributed by atoms with E-state index < -0.39 is 0 Å². The van der Waals surface area contributed by atoms with E-state index in [0.717, 1.165) is 28.5 Å². The summed E-state index contributed by atoms with van der Waals surface area (Å²) in [5.41, 5.74) is 4.81. The van der Waals surface area contributed by atoms with E-state index in [1.54, 1.807) is 0 Å². The van der Waals surface area contributed by atoms with Crippen LogP contribution in [0, 0.1) is 13.8 Å². The van der Waals surface area contributed by atoms with Crippen LogP contribution in [-0.2, 0) is 13.0 Å². The normalized spacial score (nSPS) is 10.9. The molecule has 0 atom stereocenters. The average molecular weight is 410 g/mol. The topological polar surface area (TPSA) is 68.4 Å². The Bertz CT molecular complexity index is 1050. The molecule has 0 unspecified atom stereocenters. The number of aryl methyl sites for hydroxylation is 2. The number of fused-ring (bicyclic) bond motifs is 1. The first-order valence-electron chi connectivity index (χ1n) is 9.78. The molecule has 3 N–H and O–H groups in total. The van der Waals surface area contributed by atoms with Crippen molar-refractivity contribution in [3.05, 3.63) is 81.1 Å². The zero-order valence-electron chi connectivity index (χ0n) is 16.9. The van der Waals surface area contributed by atoms with E-state index in [2.05, 4.69) is 28.5 Å². The van der Waals surface area contributed by atoms with Crippen LogP contribution in [0.3, 0.4) is 0 Å². The third-order valence-corrected chi connectivity index (χ3v) is 5.34. The van der Waals surface area contributed by atoms with E-state index in [1.807, 2.05) is 49.1 Å². The predicted molar refractivity (Wildman–Crippen MR) is 122 cm³/mol. The van der Waals surface area contributed by atoms with Crippen molar-refractivity contribution in [2.45, 2.75) is 26.8 Å². The molecule has 0 bridgehead atoms. The molecule has 2 aromatic carbocycles. The van der Waals surface area contributed by atoms with Crippen molar-refractivity contribution < 1.29 is 5.11 Å². The molecule has 1 aromatic heterocycles. The van der Waals surface area contributed by atoms with Gasteiger partial charge in [0.2, 0.25) is 0 Å². The maximum Gasteiger partial charge on any atom is 0.253 e. The van der Waals surface area contributed by atoms with Gasteiger partial charge in [0.15, 0.2) is 5.11 Å². The summed E-state index contributed by atoms with van der Waals surface area (Å²) in [4.78, 5) is 17.4. The first-order chi connectivity index (χ1) is 14.0. The molecule has 3 rings (SSSR count). The number of thiocarbonyl (C=S) groups is 1. The van der Waals surface area contributed by atoms with Crippen LogP contribution in [0.2, 0.25) is 0 Å². The number of aliphatic hydroxyl groups is 1. The zero-order valence-corrected chi connectivity index (χ0v) is 17.7. The SMILES string of the molecule is Cc1cc(C)c2cc(CN(CCO)C(=S)NCCc3ccccc3)c(=O)[nH]c2c1. The van der Waals surface area contributed by atoms with Crippen LogP contribution in [0.15, 0.2) is 53.3 Å². The van der Waals surface area contributed by atoms with Crippen LogP contribution in [0.25, 0.3) is 10.9 Å². The van der Waals surface area contributed by atoms with Gasteiger partial charge in [-0.25, -0.2) is 0 Å². The van der Waals surface area contributed by atoms with Gasteiger partial charge in [-0.3, -0.25) is 4.79 Å². The van der Waals surface area contributed by atoms with Crippen LogP contribution >= 0.6 is 12.2 Å². The van der Waals surface area contributed by atoms with E-state index in [4.69, 9.17) is 12.2 Å². The Morgan fingerprint density at radius 1 is 1.17 bits per heavy atom. The molecule has 0 radical (unpaired) electrons. The first kappa shape index (κ1) is 21.0. The van der Waals surface area contributed by atoms with Gasteiger partial charge in [-0.15, -0.1) is 0 Å². The van der Waals surface area contributed by atoms with E-state index >= 15 is 0 Å². The highest BCUT2D eigenvalue weighted by Crippen LogP contribution is 2.19. The molecule has 3 aromatic rings. The van der Waals surface area contributed by atoms with Crippen molar-refractivity contribution in [1.29, 1.82) is 0 Å². The number of pyridine rings is 1. The second-order valence-electron chi connectivity index (χ2n) is 7.28. The number of benzene rings is 2. The number of aromatic amines is 1. The van der Waals surface area contributed by atoms with E-state index in [0.29, 0.717) is 30.3 Å². The van der Waals surface area contributed by atoms with Crippen LogP contribution < -0.4 is 10.9 Å². The predicted octanol–water partition coefficient (Wildman–Crippen LogP) is 3.06. The molecule has 152 valence electrons. The van der Waals surface area contributed by atoms with Gasteiger partial charge in [-0.1, -0.05) is 36.4 Å². The molecule has 0 aliphatic carbocycles. The minimum atomic E-state index is -0.127. The fourth-order valence-electron chi connectivity index (χ4n) is 3.48. The standard InChI is InChI=1S/C23H27N3O2S/c1-16-12-17(2)20-14-19(22(28)25-21(20)13-16)15-26(10-11-27)23(29)24-9-8-18-6-4-3-5-7-18/h3-7,12-14,27H,8-11,15H2,1-2H3,(H,24,29)(H,25,28). The molecule has 0 saturated carbocycles. The number of aliphatic hydroxyl groups excluding tert-OH is 1. The largest absolute Gasteiger partial charge is 0.395 e. The van der Waals surface area contributed by atoms with Crippen molar-refractivity contribution in [3.63, 3.8) is 0 Å². The first-order valence-corrected chi connectivity index (χ1v) is 10.2. The van der Waals surface area contributed by atoms with Crippen LogP contribution in [0.1, 0.15) is 22.3 Å². The maximum absolute atomic E-state index is 12.6. The number of rotatable bonds is 7.